The lowest BCUT2D eigenvalue weighted by Crippen LogP contribution is -2.27. The first-order chi connectivity index (χ1) is 8.10. The van der Waals surface area contributed by atoms with Crippen LogP contribution in [-0.4, -0.2) is 36.2 Å². The summed E-state index contributed by atoms with van der Waals surface area (Å²) >= 11 is 1.09. The van der Waals surface area contributed by atoms with Crippen LogP contribution in [0, 0.1) is 0 Å². The molecule has 2 N–H and O–H groups in total. The Kier molecular flexibility index (Phi) is 4.58. The van der Waals surface area contributed by atoms with Gasteiger partial charge in [-0.1, -0.05) is 5.16 Å². The van der Waals surface area contributed by atoms with Gasteiger partial charge < -0.3 is 15.3 Å². The van der Waals surface area contributed by atoms with Crippen LogP contribution in [0.2, 0.25) is 0 Å². The molecule has 92 valence electrons. The molecule has 0 aliphatic heterocycles. The van der Waals surface area contributed by atoms with E-state index < -0.39 is 17.5 Å². The smallest absolute Gasteiger partial charge is 0.364 e. The van der Waals surface area contributed by atoms with Gasteiger partial charge >= 0.3 is 5.97 Å². The van der Waals surface area contributed by atoms with Crippen molar-refractivity contribution in [2.45, 2.75) is 6.92 Å². The lowest BCUT2D eigenvalue weighted by Gasteiger charge is -2.02. The van der Waals surface area contributed by atoms with Crippen molar-refractivity contribution in [3.8, 4) is 0 Å². The average Bonchev–Trinajstić information content (AvgIpc) is 2.72. The summed E-state index contributed by atoms with van der Waals surface area (Å²) < 4.78 is 4.68. The van der Waals surface area contributed by atoms with Crippen LogP contribution in [0.5, 0.6) is 0 Å². The molecule has 0 spiro atoms. The topological polar surface area (TPSA) is 104 Å². The molecular weight excluding hydrogens is 246 g/mol. The number of carbonyl (C=O) groups excluding carboxylic acids is 2. The second-order valence-corrected chi connectivity index (χ2v) is 3.63. The molecule has 0 amide bonds. The summed E-state index contributed by atoms with van der Waals surface area (Å²) in [5.74, 6) is -1.54. The Hall–Kier alpha value is -1.96. The molecule has 0 radical (unpaired) electrons. The maximum absolute atomic E-state index is 11.8. The number of nitrogen functional groups attached to an aromatic ring is 1. The fourth-order valence-electron chi connectivity index (χ4n) is 0.975. The molecule has 0 saturated carbocycles. The maximum Gasteiger partial charge on any atom is 0.364 e. The Morgan fingerprint density at radius 2 is 2.29 bits per heavy atom. The van der Waals surface area contributed by atoms with E-state index in [1.54, 1.807) is 6.92 Å². The fraction of sp³-hybridized carbons (Fsp3) is 0.333. The number of hydrogen-bond donors (Lipinski definition) is 1. The summed E-state index contributed by atoms with van der Waals surface area (Å²) in [5, 5.41) is 5.01. The fourth-order valence-corrected chi connectivity index (χ4v) is 1.52. The largest absolute Gasteiger partial charge is 0.461 e. The predicted octanol–water partition coefficient (Wildman–Crippen LogP) is 0.474. The van der Waals surface area contributed by atoms with Gasteiger partial charge in [-0.05, 0) is 6.92 Å². The normalized spacial score (nSPS) is 11.1. The number of nitrogens with two attached hydrogens (primary N) is 1. The van der Waals surface area contributed by atoms with Crippen molar-refractivity contribution in [1.82, 2.24) is 4.98 Å². The molecule has 0 aromatic carbocycles. The molecule has 1 aromatic rings. The van der Waals surface area contributed by atoms with E-state index in [1.165, 1.54) is 12.5 Å². The van der Waals surface area contributed by atoms with Crippen LogP contribution < -0.4 is 5.73 Å². The number of aromatic nitrogens is 1. The minimum atomic E-state index is -0.856. The molecule has 1 heterocycles. The highest BCUT2D eigenvalue weighted by atomic mass is 32.1. The van der Waals surface area contributed by atoms with Crippen molar-refractivity contribution in [2.75, 3.05) is 19.5 Å². The van der Waals surface area contributed by atoms with Crippen LogP contribution in [0.15, 0.2) is 10.5 Å². The highest BCUT2D eigenvalue weighted by Crippen LogP contribution is 2.12. The molecule has 0 aliphatic rings. The number of esters is 1. The number of thiazole rings is 1. The molecule has 1 aromatic heterocycles. The molecular formula is C9H11N3O4S. The summed E-state index contributed by atoms with van der Waals surface area (Å²) in [6, 6.07) is 0. The predicted molar refractivity (Wildman–Crippen MR) is 61.9 cm³/mol. The van der Waals surface area contributed by atoms with Crippen LogP contribution >= 0.6 is 11.3 Å². The molecule has 7 nitrogen and oxygen atoms in total. The van der Waals surface area contributed by atoms with E-state index in [0.29, 0.717) is 0 Å². The van der Waals surface area contributed by atoms with Crippen LogP contribution in [-0.2, 0) is 14.4 Å². The number of oxime groups is 1. The van der Waals surface area contributed by atoms with Gasteiger partial charge in [-0.15, -0.1) is 11.3 Å². The monoisotopic (exact) mass is 257 g/mol. The molecule has 0 atom stereocenters. The van der Waals surface area contributed by atoms with Gasteiger partial charge in [0, 0.05) is 5.38 Å². The van der Waals surface area contributed by atoms with Crippen molar-refractivity contribution < 1.29 is 19.2 Å². The van der Waals surface area contributed by atoms with Crippen molar-refractivity contribution in [3.63, 3.8) is 0 Å². The second kappa shape index (κ2) is 5.94. The quantitative estimate of drug-likeness (QED) is 0.270. The molecule has 0 fully saturated rings. The SMILES string of the molecule is CCOC(=O)/C(=N\OC)C(=O)c1csc(N)n1. The molecule has 0 bridgehead atoms. The molecule has 8 heteroatoms. The zero-order valence-corrected chi connectivity index (χ0v) is 10.1. The number of anilines is 1. The highest BCUT2D eigenvalue weighted by Gasteiger charge is 2.26. The van der Waals surface area contributed by atoms with Gasteiger partial charge in [0.05, 0.1) is 6.61 Å². The van der Waals surface area contributed by atoms with E-state index in [9.17, 15) is 9.59 Å². The number of rotatable bonds is 5. The molecule has 0 saturated heterocycles. The van der Waals surface area contributed by atoms with Crippen LogP contribution in [0.4, 0.5) is 5.13 Å². The first-order valence-corrected chi connectivity index (χ1v) is 5.52. The van der Waals surface area contributed by atoms with E-state index >= 15 is 0 Å². The average molecular weight is 257 g/mol. The zero-order chi connectivity index (χ0) is 12.8. The van der Waals surface area contributed by atoms with Crippen LogP contribution in [0.25, 0.3) is 0 Å². The van der Waals surface area contributed by atoms with Crippen molar-refractivity contribution in [1.29, 1.82) is 0 Å². The molecule has 1 rings (SSSR count). The van der Waals surface area contributed by atoms with E-state index in [4.69, 9.17) is 5.73 Å². The van der Waals surface area contributed by atoms with E-state index in [2.05, 4.69) is 19.7 Å². The third-order valence-corrected chi connectivity index (χ3v) is 2.29. The van der Waals surface area contributed by atoms with Crippen LogP contribution in [0.1, 0.15) is 17.4 Å². The highest BCUT2D eigenvalue weighted by molar-refractivity contribution is 7.13. The number of hydrogen-bond acceptors (Lipinski definition) is 8. The third kappa shape index (κ3) is 3.25. The van der Waals surface area contributed by atoms with Crippen molar-refractivity contribution >= 4 is 33.9 Å². The number of ketones is 1. The number of carbonyl (C=O) groups is 2. The summed E-state index contributed by atoms with van der Waals surface area (Å²) in [4.78, 5) is 31.5. The van der Waals surface area contributed by atoms with E-state index in [1.807, 2.05) is 0 Å². The Morgan fingerprint density at radius 3 is 2.76 bits per heavy atom. The second-order valence-electron chi connectivity index (χ2n) is 2.74. The Bertz CT molecular complexity index is 455. The Labute approximate surface area is 101 Å². The van der Waals surface area contributed by atoms with E-state index in [0.717, 1.165) is 11.3 Å². The van der Waals surface area contributed by atoms with Gasteiger partial charge in [0.1, 0.15) is 12.8 Å². The van der Waals surface area contributed by atoms with Gasteiger partial charge in [0.15, 0.2) is 5.13 Å². The van der Waals surface area contributed by atoms with Gasteiger partial charge in [-0.2, -0.15) is 0 Å². The van der Waals surface area contributed by atoms with Crippen molar-refractivity contribution in [2.24, 2.45) is 5.16 Å². The minimum Gasteiger partial charge on any atom is -0.461 e. The summed E-state index contributed by atoms with van der Waals surface area (Å²) in [6.45, 7) is 1.75. The van der Waals surface area contributed by atoms with Crippen molar-refractivity contribution in [3.05, 3.63) is 11.1 Å². The zero-order valence-electron chi connectivity index (χ0n) is 9.30. The number of ether oxygens (including phenoxy) is 1. The first kappa shape index (κ1) is 13.1. The minimum absolute atomic E-state index is 0.0383. The lowest BCUT2D eigenvalue weighted by molar-refractivity contribution is -0.135. The standard InChI is InChI=1S/C9H11N3O4S/c1-3-16-8(14)6(12-15-2)7(13)5-4-17-9(10)11-5/h4H,3H2,1-2H3,(H2,10,11)/b12-6-. The summed E-state index contributed by atoms with van der Waals surface area (Å²) in [7, 11) is 1.22. The van der Waals surface area contributed by atoms with Gasteiger partial charge in [-0.3, -0.25) is 4.79 Å². The summed E-state index contributed by atoms with van der Waals surface area (Å²) in [5.41, 5.74) is 4.97. The number of Topliss-reactive ketones (excluding diaryl/α,β-unsaturated/α-hetero) is 1. The first-order valence-electron chi connectivity index (χ1n) is 4.64. The molecule has 0 unspecified atom stereocenters. The molecule has 17 heavy (non-hydrogen) atoms. The van der Waals surface area contributed by atoms with Crippen LogP contribution in [0.3, 0.4) is 0 Å². The van der Waals surface area contributed by atoms with Gasteiger partial charge in [0.2, 0.25) is 11.5 Å². The third-order valence-electron chi connectivity index (χ3n) is 1.62. The lowest BCUT2D eigenvalue weighted by atomic mass is 10.2. The Morgan fingerprint density at radius 1 is 1.59 bits per heavy atom. The summed E-state index contributed by atoms with van der Waals surface area (Å²) in [6.07, 6.45) is 0. The van der Waals surface area contributed by atoms with E-state index in [-0.39, 0.29) is 17.4 Å². The molecule has 0 aliphatic carbocycles. The Balaban J connectivity index is 2.96. The number of nitrogens with zero attached hydrogens (tertiary/aromatic N) is 2. The maximum atomic E-state index is 11.8. The van der Waals surface area contributed by atoms with Gasteiger partial charge in [0.25, 0.3) is 0 Å². The van der Waals surface area contributed by atoms with Gasteiger partial charge in [-0.25, -0.2) is 9.78 Å².